The Balaban J connectivity index is 3.27. The highest BCUT2D eigenvalue weighted by atomic mass is 32.2. The Morgan fingerprint density at radius 1 is 1.35 bits per heavy atom. The average molecular weight is 262 g/mol. The minimum Gasteiger partial charge on any atom is -0.303 e. The zero-order valence-corrected chi connectivity index (χ0v) is 10.6. The van der Waals surface area contributed by atoms with Gasteiger partial charge in [0.1, 0.15) is 0 Å². The first-order chi connectivity index (χ1) is 7.64. The van der Waals surface area contributed by atoms with Crippen molar-refractivity contribution >= 4 is 10.2 Å². The predicted octanol–water partition coefficient (Wildman–Crippen LogP) is -2.28. The molecule has 0 unspecified atom stereocenters. The number of nitrogens with two attached hydrogens (primary N) is 1. The SMILES string of the molecule is CN(Cc1cn(C)c(=O)n(C)c1=O)S(N)(=O)=O. The van der Waals surface area contributed by atoms with E-state index in [1.807, 2.05) is 0 Å². The van der Waals surface area contributed by atoms with Crippen molar-refractivity contribution in [2.24, 2.45) is 19.2 Å². The number of hydrogen-bond donors (Lipinski definition) is 1. The predicted molar refractivity (Wildman–Crippen MR) is 61.5 cm³/mol. The highest BCUT2D eigenvalue weighted by molar-refractivity contribution is 7.86. The van der Waals surface area contributed by atoms with Crippen LogP contribution in [0.25, 0.3) is 0 Å². The standard InChI is InChI=1S/C8H14N4O4S/c1-10-4-6(5-11(2)17(9,15)16)7(13)12(3)8(10)14/h4H,5H2,1-3H3,(H2,9,15,16). The van der Waals surface area contributed by atoms with Gasteiger partial charge in [-0.2, -0.15) is 12.7 Å². The zero-order chi connectivity index (χ0) is 13.4. The summed E-state index contributed by atoms with van der Waals surface area (Å²) in [7, 11) is 0.193. The van der Waals surface area contributed by atoms with Crippen molar-refractivity contribution in [3.05, 3.63) is 32.6 Å². The van der Waals surface area contributed by atoms with Crippen molar-refractivity contribution in [2.45, 2.75) is 6.54 Å². The summed E-state index contributed by atoms with van der Waals surface area (Å²) >= 11 is 0. The van der Waals surface area contributed by atoms with Gasteiger partial charge in [0, 0.05) is 39.4 Å². The van der Waals surface area contributed by atoms with E-state index in [1.165, 1.54) is 31.9 Å². The highest BCUT2D eigenvalue weighted by Gasteiger charge is 2.15. The van der Waals surface area contributed by atoms with Crippen LogP contribution in [-0.2, 0) is 30.8 Å². The van der Waals surface area contributed by atoms with E-state index in [-0.39, 0.29) is 12.1 Å². The maximum Gasteiger partial charge on any atom is 0.330 e. The lowest BCUT2D eigenvalue weighted by atomic mass is 10.3. The molecule has 0 aliphatic rings. The summed E-state index contributed by atoms with van der Waals surface area (Å²) in [5, 5.41) is 4.90. The second-order valence-corrected chi connectivity index (χ2v) is 5.37. The lowest BCUT2D eigenvalue weighted by Crippen LogP contribution is -2.41. The van der Waals surface area contributed by atoms with E-state index < -0.39 is 21.5 Å². The van der Waals surface area contributed by atoms with Gasteiger partial charge in [-0.15, -0.1) is 0 Å². The monoisotopic (exact) mass is 262 g/mol. The van der Waals surface area contributed by atoms with Crippen LogP contribution in [0.4, 0.5) is 0 Å². The Bertz CT molecular complexity index is 642. The van der Waals surface area contributed by atoms with Crippen LogP contribution in [0, 0.1) is 0 Å². The van der Waals surface area contributed by atoms with Crippen LogP contribution in [-0.4, -0.2) is 28.9 Å². The molecule has 1 aromatic heterocycles. The molecule has 1 rings (SSSR count). The molecule has 0 amide bonds. The number of rotatable bonds is 3. The first-order valence-electron chi connectivity index (χ1n) is 4.64. The van der Waals surface area contributed by atoms with E-state index in [2.05, 4.69) is 0 Å². The van der Waals surface area contributed by atoms with Gasteiger partial charge in [0.05, 0.1) is 0 Å². The first-order valence-corrected chi connectivity index (χ1v) is 6.14. The molecule has 0 fully saturated rings. The number of hydrogen-bond acceptors (Lipinski definition) is 4. The molecular weight excluding hydrogens is 248 g/mol. The van der Waals surface area contributed by atoms with Gasteiger partial charge in [-0.3, -0.25) is 9.36 Å². The fraction of sp³-hybridized carbons (Fsp3) is 0.500. The van der Waals surface area contributed by atoms with Gasteiger partial charge in [0.25, 0.3) is 15.8 Å². The van der Waals surface area contributed by atoms with E-state index in [1.54, 1.807) is 0 Å². The Labute approximate surface area is 98.1 Å². The largest absolute Gasteiger partial charge is 0.330 e. The van der Waals surface area contributed by atoms with Crippen molar-refractivity contribution in [2.75, 3.05) is 7.05 Å². The van der Waals surface area contributed by atoms with Crippen LogP contribution >= 0.6 is 0 Å². The van der Waals surface area contributed by atoms with Crippen LogP contribution in [0.3, 0.4) is 0 Å². The fourth-order valence-corrected chi connectivity index (χ4v) is 1.64. The topological polar surface area (TPSA) is 107 Å². The molecule has 0 aliphatic carbocycles. The first kappa shape index (κ1) is 13.6. The van der Waals surface area contributed by atoms with Crippen LogP contribution in [0.5, 0.6) is 0 Å². The molecular formula is C8H14N4O4S. The molecule has 0 aliphatic heterocycles. The molecule has 0 bridgehead atoms. The van der Waals surface area contributed by atoms with Gasteiger partial charge in [0.15, 0.2) is 0 Å². The molecule has 1 aromatic rings. The van der Waals surface area contributed by atoms with Crippen molar-refractivity contribution in [3.8, 4) is 0 Å². The Hall–Kier alpha value is -1.45. The number of aromatic nitrogens is 2. The average Bonchev–Trinajstić information content (AvgIpc) is 2.21. The molecule has 0 saturated carbocycles. The van der Waals surface area contributed by atoms with Crippen molar-refractivity contribution in [1.29, 1.82) is 0 Å². The van der Waals surface area contributed by atoms with Gasteiger partial charge in [0.2, 0.25) is 0 Å². The molecule has 8 nitrogen and oxygen atoms in total. The molecule has 0 saturated heterocycles. The van der Waals surface area contributed by atoms with E-state index in [9.17, 15) is 18.0 Å². The van der Waals surface area contributed by atoms with Crippen LogP contribution in [0.2, 0.25) is 0 Å². The van der Waals surface area contributed by atoms with Crippen molar-refractivity contribution in [3.63, 3.8) is 0 Å². The summed E-state index contributed by atoms with van der Waals surface area (Å²) in [4.78, 5) is 23.1. The lowest BCUT2D eigenvalue weighted by Gasteiger charge is -2.14. The van der Waals surface area contributed by atoms with Gasteiger partial charge in [-0.25, -0.2) is 9.93 Å². The molecule has 2 N–H and O–H groups in total. The molecule has 9 heteroatoms. The van der Waals surface area contributed by atoms with E-state index in [4.69, 9.17) is 5.14 Å². The Morgan fingerprint density at radius 3 is 2.35 bits per heavy atom. The van der Waals surface area contributed by atoms with Crippen LogP contribution in [0.1, 0.15) is 5.56 Å². The van der Waals surface area contributed by atoms with Crippen molar-refractivity contribution in [1.82, 2.24) is 13.4 Å². The minimum atomic E-state index is -3.86. The number of aryl methyl sites for hydroxylation is 1. The molecule has 0 spiro atoms. The lowest BCUT2D eigenvalue weighted by molar-refractivity contribution is 0.461. The van der Waals surface area contributed by atoms with Gasteiger partial charge in [-0.1, -0.05) is 0 Å². The zero-order valence-electron chi connectivity index (χ0n) is 9.74. The molecule has 0 aromatic carbocycles. The quantitative estimate of drug-likeness (QED) is 0.662. The Kier molecular flexibility index (Phi) is 3.55. The highest BCUT2D eigenvalue weighted by Crippen LogP contribution is 1.98. The number of nitrogens with zero attached hydrogens (tertiary/aromatic N) is 3. The maximum atomic E-state index is 11.7. The van der Waals surface area contributed by atoms with Crippen LogP contribution in [0.15, 0.2) is 15.8 Å². The molecule has 17 heavy (non-hydrogen) atoms. The van der Waals surface area contributed by atoms with Gasteiger partial charge < -0.3 is 4.57 Å². The fourth-order valence-electron chi connectivity index (χ4n) is 1.32. The summed E-state index contributed by atoms with van der Waals surface area (Å²) < 4.78 is 25.0. The smallest absolute Gasteiger partial charge is 0.303 e. The third-order valence-corrected chi connectivity index (χ3v) is 3.34. The summed E-state index contributed by atoms with van der Waals surface area (Å²) in [6.07, 6.45) is 1.30. The van der Waals surface area contributed by atoms with E-state index in [0.29, 0.717) is 0 Å². The van der Waals surface area contributed by atoms with Crippen molar-refractivity contribution < 1.29 is 8.42 Å². The van der Waals surface area contributed by atoms with E-state index in [0.717, 1.165) is 8.87 Å². The second kappa shape index (κ2) is 4.43. The normalized spacial score (nSPS) is 12.1. The summed E-state index contributed by atoms with van der Waals surface area (Å²) in [5.74, 6) is 0. The maximum absolute atomic E-state index is 11.7. The minimum absolute atomic E-state index is 0.172. The third-order valence-electron chi connectivity index (χ3n) is 2.34. The molecule has 96 valence electrons. The van der Waals surface area contributed by atoms with Crippen LogP contribution < -0.4 is 16.4 Å². The summed E-state index contributed by atoms with van der Waals surface area (Å²) in [5.41, 5.74) is -0.841. The molecule has 0 atom stereocenters. The Morgan fingerprint density at radius 2 is 1.88 bits per heavy atom. The molecule has 0 radical (unpaired) electrons. The summed E-state index contributed by atoms with van der Waals surface area (Å²) in [6.45, 7) is -0.181. The van der Waals surface area contributed by atoms with Gasteiger partial charge in [-0.05, 0) is 0 Å². The summed E-state index contributed by atoms with van der Waals surface area (Å²) in [6, 6.07) is 0. The van der Waals surface area contributed by atoms with E-state index >= 15 is 0 Å². The van der Waals surface area contributed by atoms with Gasteiger partial charge >= 0.3 is 5.69 Å². The third kappa shape index (κ3) is 2.81. The molecule has 1 heterocycles. The second-order valence-electron chi connectivity index (χ2n) is 3.71.